The lowest BCUT2D eigenvalue weighted by atomic mass is 10.4. The van der Waals surface area contributed by atoms with Crippen molar-refractivity contribution in [2.75, 3.05) is 11.9 Å². The second-order valence-corrected chi connectivity index (χ2v) is 5.37. The summed E-state index contributed by atoms with van der Waals surface area (Å²) in [7, 11) is 0. The maximum Gasteiger partial charge on any atom is 0.205 e. The summed E-state index contributed by atoms with van der Waals surface area (Å²) in [6, 6.07) is 0. The van der Waals surface area contributed by atoms with Crippen LogP contribution in [0.4, 0.5) is 5.13 Å². The van der Waals surface area contributed by atoms with Crippen LogP contribution in [-0.2, 0) is 5.75 Å². The van der Waals surface area contributed by atoms with Gasteiger partial charge in [-0.2, -0.15) is 0 Å². The summed E-state index contributed by atoms with van der Waals surface area (Å²) in [5.41, 5.74) is 1.07. The average molecular weight is 267 g/mol. The van der Waals surface area contributed by atoms with Gasteiger partial charge in [-0.1, -0.05) is 23.1 Å². The van der Waals surface area contributed by atoms with Gasteiger partial charge in [0.2, 0.25) is 5.13 Å². The number of nitrogens with zero attached hydrogens (tertiary/aromatic N) is 4. The Bertz CT molecular complexity index is 468. The molecule has 0 aliphatic heterocycles. The molecule has 0 saturated carbocycles. The fraction of sp³-hybridized carbons (Fsp3) is 0.400. The predicted octanol–water partition coefficient (Wildman–Crippen LogP) is 2.36. The summed E-state index contributed by atoms with van der Waals surface area (Å²) in [6.45, 7) is 4.88. The van der Waals surface area contributed by atoms with E-state index < -0.39 is 0 Å². The van der Waals surface area contributed by atoms with E-state index in [0.717, 1.165) is 33.2 Å². The quantitative estimate of drug-likeness (QED) is 0.663. The lowest BCUT2D eigenvalue weighted by molar-refractivity contribution is 0.947. The number of hydrogen-bond acceptors (Lipinski definition) is 7. The van der Waals surface area contributed by atoms with Gasteiger partial charge in [0.15, 0.2) is 5.16 Å². The summed E-state index contributed by atoms with van der Waals surface area (Å²) in [4.78, 5) is 8.46. The first-order chi connectivity index (χ1) is 8.28. The molecule has 7 heteroatoms. The van der Waals surface area contributed by atoms with Crippen molar-refractivity contribution < 1.29 is 0 Å². The zero-order valence-electron chi connectivity index (χ0n) is 9.67. The standard InChI is InChI=1S/C10H13N5S2/c1-3-11-10-15-14-8(17-10)6-16-9-12-4-7(2)5-13-9/h4-5H,3,6H2,1-2H3,(H,11,15). The Morgan fingerprint density at radius 1 is 1.29 bits per heavy atom. The van der Waals surface area contributed by atoms with Gasteiger partial charge >= 0.3 is 0 Å². The average Bonchev–Trinajstić information content (AvgIpc) is 2.77. The van der Waals surface area contributed by atoms with Gasteiger partial charge < -0.3 is 5.32 Å². The van der Waals surface area contributed by atoms with Crippen LogP contribution >= 0.6 is 23.1 Å². The number of anilines is 1. The first kappa shape index (κ1) is 12.3. The van der Waals surface area contributed by atoms with Crippen LogP contribution in [0.2, 0.25) is 0 Å². The first-order valence-electron chi connectivity index (χ1n) is 5.25. The molecule has 0 amide bonds. The third-order valence-corrected chi connectivity index (χ3v) is 3.83. The molecule has 0 bridgehead atoms. The Balaban J connectivity index is 1.90. The SMILES string of the molecule is CCNc1nnc(CSc2ncc(C)cn2)s1. The molecule has 2 rings (SSSR count). The van der Waals surface area contributed by atoms with Crippen molar-refractivity contribution in [2.24, 2.45) is 0 Å². The van der Waals surface area contributed by atoms with Gasteiger partial charge in [0.05, 0.1) is 5.75 Å². The van der Waals surface area contributed by atoms with Crippen molar-refractivity contribution >= 4 is 28.2 Å². The highest BCUT2D eigenvalue weighted by Crippen LogP contribution is 2.23. The maximum absolute atomic E-state index is 4.23. The molecule has 0 atom stereocenters. The van der Waals surface area contributed by atoms with E-state index in [1.165, 1.54) is 0 Å². The van der Waals surface area contributed by atoms with Gasteiger partial charge in [0, 0.05) is 18.9 Å². The lowest BCUT2D eigenvalue weighted by Crippen LogP contribution is -1.94. The molecule has 90 valence electrons. The highest BCUT2D eigenvalue weighted by molar-refractivity contribution is 7.98. The van der Waals surface area contributed by atoms with Gasteiger partial charge in [-0.25, -0.2) is 9.97 Å². The molecule has 5 nitrogen and oxygen atoms in total. The van der Waals surface area contributed by atoms with Gasteiger partial charge in [0.1, 0.15) is 5.01 Å². The van der Waals surface area contributed by atoms with E-state index in [4.69, 9.17) is 0 Å². The van der Waals surface area contributed by atoms with E-state index in [0.29, 0.717) is 0 Å². The number of nitrogens with one attached hydrogen (secondary N) is 1. The first-order valence-corrected chi connectivity index (χ1v) is 7.06. The molecule has 0 unspecified atom stereocenters. The summed E-state index contributed by atoms with van der Waals surface area (Å²) in [5, 5.41) is 13.9. The molecule has 2 aromatic rings. The summed E-state index contributed by atoms with van der Waals surface area (Å²) < 4.78 is 0. The van der Waals surface area contributed by atoms with E-state index in [-0.39, 0.29) is 0 Å². The number of hydrogen-bond donors (Lipinski definition) is 1. The van der Waals surface area contributed by atoms with Crippen molar-refractivity contribution in [3.05, 3.63) is 23.0 Å². The fourth-order valence-corrected chi connectivity index (χ4v) is 2.70. The second kappa shape index (κ2) is 5.92. The molecule has 0 fully saturated rings. The van der Waals surface area contributed by atoms with Crippen LogP contribution in [0.1, 0.15) is 17.5 Å². The van der Waals surface area contributed by atoms with Gasteiger partial charge in [-0.15, -0.1) is 10.2 Å². The minimum atomic E-state index is 0.756. The lowest BCUT2D eigenvalue weighted by Gasteiger charge is -1.96. The molecule has 0 aliphatic carbocycles. The minimum Gasteiger partial charge on any atom is -0.360 e. The van der Waals surface area contributed by atoms with E-state index in [1.54, 1.807) is 23.1 Å². The number of thioether (sulfide) groups is 1. The number of aryl methyl sites for hydroxylation is 1. The second-order valence-electron chi connectivity index (χ2n) is 3.36. The van der Waals surface area contributed by atoms with Crippen molar-refractivity contribution in [2.45, 2.75) is 24.8 Å². The number of rotatable bonds is 5. The Labute approximate surface area is 108 Å². The van der Waals surface area contributed by atoms with Gasteiger partial charge in [-0.05, 0) is 19.4 Å². The van der Waals surface area contributed by atoms with Crippen molar-refractivity contribution in [1.29, 1.82) is 0 Å². The Morgan fingerprint density at radius 2 is 2.06 bits per heavy atom. The van der Waals surface area contributed by atoms with Crippen LogP contribution in [-0.4, -0.2) is 26.7 Å². The van der Waals surface area contributed by atoms with Gasteiger partial charge in [-0.3, -0.25) is 0 Å². The highest BCUT2D eigenvalue weighted by Gasteiger charge is 2.05. The minimum absolute atomic E-state index is 0.756. The van der Waals surface area contributed by atoms with Gasteiger partial charge in [0.25, 0.3) is 0 Å². The molecule has 0 aromatic carbocycles. The van der Waals surface area contributed by atoms with E-state index >= 15 is 0 Å². The molecule has 17 heavy (non-hydrogen) atoms. The van der Waals surface area contributed by atoms with Crippen LogP contribution in [0.15, 0.2) is 17.6 Å². The highest BCUT2D eigenvalue weighted by atomic mass is 32.2. The largest absolute Gasteiger partial charge is 0.360 e. The van der Waals surface area contributed by atoms with Crippen LogP contribution in [0.25, 0.3) is 0 Å². The third-order valence-electron chi connectivity index (χ3n) is 1.88. The van der Waals surface area contributed by atoms with Crippen LogP contribution in [0.3, 0.4) is 0 Å². The summed E-state index contributed by atoms with van der Waals surface area (Å²) >= 11 is 3.14. The monoisotopic (exact) mass is 267 g/mol. The van der Waals surface area contributed by atoms with E-state index in [1.807, 2.05) is 26.2 Å². The van der Waals surface area contributed by atoms with E-state index in [9.17, 15) is 0 Å². The summed E-state index contributed by atoms with van der Waals surface area (Å²) in [5.74, 6) is 0.756. The molecule has 0 aliphatic rings. The maximum atomic E-state index is 4.23. The molecule has 2 aromatic heterocycles. The smallest absolute Gasteiger partial charge is 0.205 e. The molecule has 1 N–H and O–H groups in total. The zero-order chi connectivity index (χ0) is 12.1. The normalized spacial score (nSPS) is 10.5. The molecule has 0 radical (unpaired) electrons. The van der Waals surface area contributed by atoms with Crippen LogP contribution in [0, 0.1) is 6.92 Å². The topological polar surface area (TPSA) is 63.6 Å². The van der Waals surface area contributed by atoms with Crippen molar-refractivity contribution in [3.63, 3.8) is 0 Å². The van der Waals surface area contributed by atoms with Crippen LogP contribution < -0.4 is 5.32 Å². The van der Waals surface area contributed by atoms with Crippen molar-refractivity contribution in [3.8, 4) is 0 Å². The molecular weight excluding hydrogens is 254 g/mol. The Morgan fingerprint density at radius 3 is 2.76 bits per heavy atom. The Kier molecular flexibility index (Phi) is 4.27. The fourth-order valence-electron chi connectivity index (χ4n) is 1.12. The molecule has 0 saturated heterocycles. The van der Waals surface area contributed by atoms with Crippen molar-refractivity contribution in [1.82, 2.24) is 20.2 Å². The summed E-state index contributed by atoms with van der Waals surface area (Å²) in [6.07, 6.45) is 3.64. The van der Waals surface area contributed by atoms with Crippen LogP contribution in [0.5, 0.6) is 0 Å². The Hall–Kier alpha value is -1.21. The third kappa shape index (κ3) is 3.64. The number of aromatic nitrogens is 4. The molecule has 2 heterocycles. The molecule has 0 spiro atoms. The molecular formula is C10H13N5S2. The predicted molar refractivity (Wildman–Crippen MR) is 70.4 cm³/mol. The zero-order valence-corrected chi connectivity index (χ0v) is 11.3. The van der Waals surface area contributed by atoms with E-state index in [2.05, 4.69) is 25.5 Å².